The van der Waals surface area contributed by atoms with Gasteiger partial charge in [0.2, 0.25) is 0 Å². The van der Waals surface area contributed by atoms with Gasteiger partial charge in [0.25, 0.3) is 11.8 Å². The summed E-state index contributed by atoms with van der Waals surface area (Å²) in [6.07, 6.45) is 3.08. The lowest BCUT2D eigenvalue weighted by molar-refractivity contribution is -0.149. The van der Waals surface area contributed by atoms with Crippen LogP contribution in [0.3, 0.4) is 0 Å². The third-order valence-electron chi connectivity index (χ3n) is 4.31. The van der Waals surface area contributed by atoms with Gasteiger partial charge >= 0.3 is 0 Å². The second-order valence-corrected chi connectivity index (χ2v) is 5.65. The molecule has 3 saturated heterocycles. The fourth-order valence-electron chi connectivity index (χ4n) is 3.10. The second-order valence-electron chi connectivity index (χ2n) is 5.65. The maximum Gasteiger partial charge on any atom is 0.251 e. The van der Waals surface area contributed by atoms with E-state index in [1.807, 2.05) is 9.80 Å². The zero-order chi connectivity index (χ0) is 13.9. The minimum atomic E-state index is -0.254. The highest BCUT2D eigenvalue weighted by Crippen LogP contribution is 2.18. The van der Waals surface area contributed by atoms with Crippen LogP contribution in [0.1, 0.15) is 25.7 Å². The molecule has 3 heterocycles. The van der Waals surface area contributed by atoms with Crippen molar-refractivity contribution < 1.29 is 19.1 Å². The zero-order valence-corrected chi connectivity index (χ0v) is 11.8. The summed E-state index contributed by atoms with van der Waals surface area (Å²) >= 11 is 0. The minimum absolute atomic E-state index is 0.0896. The van der Waals surface area contributed by atoms with Gasteiger partial charge < -0.3 is 19.3 Å². The number of piperazine rings is 1. The van der Waals surface area contributed by atoms with Crippen molar-refractivity contribution in [2.45, 2.75) is 37.9 Å². The molecule has 0 bridgehead atoms. The van der Waals surface area contributed by atoms with Crippen molar-refractivity contribution in [1.29, 1.82) is 0 Å². The Morgan fingerprint density at radius 1 is 0.750 bits per heavy atom. The van der Waals surface area contributed by atoms with Gasteiger partial charge in [-0.1, -0.05) is 0 Å². The minimum Gasteiger partial charge on any atom is -0.368 e. The second kappa shape index (κ2) is 6.10. The van der Waals surface area contributed by atoms with Crippen molar-refractivity contribution >= 4 is 11.8 Å². The molecular weight excluding hydrogens is 260 g/mol. The first-order chi connectivity index (χ1) is 9.75. The van der Waals surface area contributed by atoms with Gasteiger partial charge in [0, 0.05) is 39.4 Å². The molecule has 3 aliphatic heterocycles. The van der Waals surface area contributed by atoms with Crippen molar-refractivity contribution in [2.24, 2.45) is 0 Å². The van der Waals surface area contributed by atoms with Crippen molar-refractivity contribution in [2.75, 3.05) is 39.4 Å². The van der Waals surface area contributed by atoms with Crippen LogP contribution < -0.4 is 0 Å². The van der Waals surface area contributed by atoms with Crippen LogP contribution in [0.2, 0.25) is 0 Å². The van der Waals surface area contributed by atoms with E-state index in [0.717, 1.165) is 25.7 Å². The fraction of sp³-hybridized carbons (Fsp3) is 0.857. The molecule has 20 heavy (non-hydrogen) atoms. The number of carbonyl (C=O) groups is 2. The molecule has 0 N–H and O–H groups in total. The first-order valence-electron chi connectivity index (χ1n) is 7.56. The Kier molecular flexibility index (Phi) is 4.21. The average Bonchev–Trinajstić information content (AvgIpc) is 3.18. The summed E-state index contributed by atoms with van der Waals surface area (Å²) in [5, 5.41) is 0. The van der Waals surface area contributed by atoms with Crippen LogP contribution in [-0.2, 0) is 19.1 Å². The van der Waals surface area contributed by atoms with Gasteiger partial charge in [-0.25, -0.2) is 0 Å². The lowest BCUT2D eigenvalue weighted by Crippen LogP contribution is -2.54. The highest BCUT2D eigenvalue weighted by molar-refractivity contribution is 5.83. The van der Waals surface area contributed by atoms with Crippen molar-refractivity contribution in [3.05, 3.63) is 0 Å². The Hall–Kier alpha value is -1.14. The van der Waals surface area contributed by atoms with Crippen molar-refractivity contribution in [3.63, 3.8) is 0 Å². The summed E-state index contributed by atoms with van der Waals surface area (Å²) in [6.45, 7) is 3.81. The Morgan fingerprint density at radius 3 is 1.45 bits per heavy atom. The lowest BCUT2D eigenvalue weighted by atomic mass is 10.1. The van der Waals surface area contributed by atoms with Gasteiger partial charge in [-0.05, 0) is 25.7 Å². The topological polar surface area (TPSA) is 59.1 Å². The van der Waals surface area contributed by atoms with E-state index >= 15 is 0 Å². The summed E-state index contributed by atoms with van der Waals surface area (Å²) in [7, 11) is 0. The van der Waals surface area contributed by atoms with Crippen molar-refractivity contribution in [1.82, 2.24) is 9.80 Å². The first-order valence-corrected chi connectivity index (χ1v) is 7.56. The Labute approximate surface area is 119 Å². The van der Waals surface area contributed by atoms with E-state index in [4.69, 9.17) is 9.47 Å². The summed E-state index contributed by atoms with van der Waals surface area (Å²) in [4.78, 5) is 28.1. The van der Waals surface area contributed by atoms with Gasteiger partial charge in [0.05, 0.1) is 0 Å². The van der Waals surface area contributed by atoms with E-state index < -0.39 is 0 Å². The molecule has 3 rings (SSSR count). The van der Waals surface area contributed by atoms with Crippen LogP contribution in [0.25, 0.3) is 0 Å². The molecule has 112 valence electrons. The third kappa shape index (κ3) is 2.81. The maximum absolute atomic E-state index is 12.2. The normalized spacial score (nSPS) is 30.8. The van der Waals surface area contributed by atoms with Crippen LogP contribution in [0, 0.1) is 0 Å². The van der Waals surface area contributed by atoms with E-state index in [1.54, 1.807) is 0 Å². The van der Waals surface area contributed by atoms with Gasteiger partial charge in [-0.15, -0.1) is 0 Å². The predicted octanol–water partition coefficient (Wildman–Crippen LogP) is 0.0152. The van der Waals surface area contributed by atoms with Gasteiger partial charge in [-0.3, -0.25) is 9.59 Å². The van der Waals surface area contributed by atoms with Crippen LogP contribution in [0.4, 0.5) is 0 Å². The Morgan fingerprint density at radius 2 is 1.15 bits per heavy atom. The number of carbonyl (C=O) groups excluding carboxylic acids is 2. The number of hydrogen-bond donors (Lipinski definition) is 0. The van der Waals surface area contributed by atoms with Crippen LogP contribution in [0.5, 0.6) is 0 Å². The van der Waals surface area contributed by atoms with Gasteiger partial charge in [-0.2, -0.15) is 0 Å². The van der Waals surface area contributed by atoms with E-state index in [-0.39, 0.29) is 24.0 Å². The summed E-state index contributed by atoms with van der Waals surface area (Å²) in [5.74, 6) is 0.179. The lowest BCUT2D eigenvalue weighted by Gasteiger charge is -2.36. The summed E-state index contributed by atoms with van der Waals surface area (Å²) in [6, 6.07) is 0. The van der Waals surface area contributed by atoms with E-state index in [9.17, 15) is 9.59 Å². The maximum atomic E-state index is 12.2. The van der Waals surface area contributed by atoms with E-state index in [2.05, 4.69) is 0 Å². The molecule has 0 aromatic rings. The molecular formula is C14H22N2O4. The fourth-order valence-corrected chi connectivity index (χ4v) is 3.10. The summed E-state index contributed by atoms with van der Waals surface area (Å²) < 4.78 is 10.9. The van der Waals surface area contributed by atoms with E-state index in [1.165, 1.54) is 0 Å². The number of nitrogens with zero attached hydrogens (tertiary/aromatic N) is 2. The molecule has 2 atom stereocenters. The average molecular weight is 282 g/mol. The zero-order valence-electron chi connectivity index (χ0n) is 11.8. The molecule has 0 saturated carbocycles. The molecule has 0 aromatic carbocycles. The molecule has 0 spiro atoms. The van der Waals surface area contributed by atoms with Crippen molar-refractivity contribution in [3.8, 4) is 0 Å². The smallest absolute Gasteiger partial charge is 0.251 e. The monoisotopic (exact) mass is 282 g/mol. The number of amides is 2. The summed E-state index contributed by atoms with van der Waals surface area (Å²) in [5.41, 5.74) is 0. The highest BCUT2D eigenvalue weighted by atomic mass is 16.5. The molecule has 2 unspecified atom stereocenters. The molecule has 3 fully saturated rings. The first kappa shape index (κ1) is 13.8. The van der Waals surface area contributed by atoms with Crippen LogP contribution in [0.15, 0.2) is 0 Å². The molecule has 0 aliphatic carbocycles. The number of ether oxygens (including phenoxy) is 2. The quantitative estimate of drug-likeness (QED) is 0.716. The molecule has 6 heteroatoms. The van der Waals surface area contributed by atoms with Gasteiger partial charge in [0.1, 0.15) is 12.2 Å². The largest absolute Gasteiger partial charge is 0.368 e. The van der Waals surface area contributed by atoms with Crippen LogP contribution in [-0.4, -0.2) is 73.2 Å². The van der Waals surface area contributed by atoms with Crippen LogP contribution >= 0.6 is 0 Å². The van der Waals surface area contributed by atoms with Gasteiger partial charge in [0.15, 0.2) is 0 Å². The Bertz CT molecular complexity index is 331. The number of hydrogen-bond acceptors (Lipinski definition) is 4. The molecule has 6 nitrogen and oxygen atoms in total. The Balaban J connectivity index is 1.48. The highest BCUT2D eigenvalue weighted by Gasteiger charge is 2.34. The standard InChI is InChI=1S/C14H22N2O4/c17-13(11-3-1-9-19-11)15-5-7-16(8-6-15)14(18)12-4-2-10-20-12/h11-12H,1-10H2. The molecule has 0 radical (unpaired) electrons. The number of rotatable bonds is 2. The molecule has 0 aromatic heterocycles. The third-order valence-corrected chi connectivity index (χ3v) is 4.31. The molecule has 3 aliphatic rings. The SMILES string of the molecule is O=C(C1CCCO1)N1CCN(C(=O)C2CCCO2)CC1. The predicted molar refractivity (Wildman–Crippen MR) is 71.1 cm³/mol. The molecule has 2 amide bonds. The van der Waals surface area contributed by atoms with E-state index in [0.29, 0.717) is 39.4 Å².